The first-order valence-corrected chi connectivity index (χ1v) is 9.69. The Morgan fingerprint density at radius 3 is 2.57 bits per heavy atom. The Morgan fingerprint density at radius 1 is 1.26 bits per heavy atom. The third-order valence-electron chi connectivity index (χ3n) is 3.85. The maximum Gasteiger partial charge on any atom is 0.269 e. The second-order valence-corrected chi connectivity index (χ2v) is 8.16. The summed E-state index contributed by atoms with van der Waals surface area (Å²) in [4.78, 5) is 4.88. The van der Waals surface area contributed by atoms with E-state index in [1.54, 1.807) is 19.1 Å². The van der Waals surface area contributed by atoms with E-state index in [2.05, 4.69) is 4.98 Å². The number of sulfonamides is 1. The Hall–Kier alpha value is -1.86. The molecule has 1 aromatic heterocycles. The van der Waals surface area contributed by atoms with E-state index in [-0.39, 0.29) is 17.2 Å². The number of rotatable bonds is 3. The highest BCUT2D eigenvalue weighted by molar-refractivity contribution is 8.02. The van der Waals surface area contributed by atoms with Crippen LogP contribution in [0.3, 0.4) is 0 Å². The molecule has 1 aromatic carbocycles. The molecule has 0 unspecified atom stereocenters. The van der Waals surface area contributed by atoms with Gasteiger partial charge in [-0.05, 0) is 25.8 Å². The summed E-state index contributed by atoms with van der Waals surface area (Å²) in [5, 5.41) is 11.5. The summed E-state index contributed by atoms with van der Waals surface area (Å²) in [6.45, 7) is 5.83. The van der Waals surface area contributed by atoms with Crippen molar-refractivity contribution in [3.05, 3.63) is 45.3 Å². The van der Waals surface area contributed by atoms with Crippen molar-refractivity contribution in [3.63, 3.8) is 0 Å². The van der Waals surface area contributed by atoms with E-state index in [1.807, 2.05) is 26.0 Å². The molecule has 2 aromatic rings. The van der Waals surface area contributed by atoms with Crippen molar-refractivity contribution in [1.82, 2.24) is 4.98 Å². The van der Waals surface area contributed by atoms with Gasteiger partial charge in [0.2, 0.25) is 0 Å². The van der Waals surface area contributed by atoms with Gasteiger partial charge in [-0.15, -0.1) is 11.3 Å². The van der Waals surface area contributed by atoms with Crippen LogP contribution in [0, 0.1) is 6.92 Å². The molecule has 1 aliphatic heterocycles. The average molecular weight is 350 g/mol. The predicted octanol–water partition coefficient (Wildman–Crippen LogP) is 3.57. The number of nitrogens with zero attached hydrogens (tertiary/aromatic N) is 2. The van der Waals surface area contributed by atoms with Crippen LogP contribution in [0.25, 0.3) is 10.7 Å². The van der Waals surface area contributed by atoms with E-state index in [0.29, 0.717) is 22.7 Å². The van der Waals surface area contributed by atoms with Crippen LogP contribution in [0.1, 0.15) is 34.9 Å². The fraction of sp³-hybridized carbons (Fsp3) is 0.312. The van der Waals surface area contributed by atoms with Crippen LogP contribution in [-0.2, 0) is 16.4 Å². The quantitative estimate of drug-likeness (QED) is 0.919. The van der Waals surface area contributed by atoms with Gasteiger partial charge in [-0.25, -0.2) is 17.7 Å². The van der Waals surface area contributed by atoms with E-state index < -0.39 is 10.0 Å². The molecule has 0 saturated heterocycles. The number of aromatic nitrogens is 1. The highest BCUT2D eigenvalue weighted by Gasteiger charge is 2.40. The van der Waals surface area contributed by atoms with Crippen LogP contribution in [0.2, 0.25) is 0 Å². The Labute approximate surface area is 140 Å². The van der Waals surface area contributed by atoms with Gasteiger partial charge in [0, 0.05) is 12.1 Å². The molecular formula is C16H18N2O3S2. The number of hydrogen-bond acceptors (Lipinski definition) is 5. The number of aryl methyl sites for hydroxylation is 2. The molecule has 3 rings (SSSR count). The number of anilines is 1. The first kappa shape index (κ1) is 16.0. The van der Waals surface area contributed by atoms with E-state index in [4.69, 9.17) is 0 Å². The van der Waals surface area contributed by atoms with Crippen molar-refractivity contribution < 1.29 is 13.5 Å². The third-order valence-corrected chi connectivity index (χ3v) is 6.98. The Balaban J connectivity index is 2.37. The summed E-state index contributed by atoms with van der Waals surface area (Å²) in [5.41, 5.74) is 1.33. The van der Waals surface area contributed by atoms with Gasteiger partial charge in [-0.3, -0.25) is 0 Å². The lowest BCUT2D eigenvalue weighted by Gasteiger charge is -2.28. The van der Waals surface area contributed by atoms with Gasteiger partial charge >= 0.3 is 0 Å². The monoisotopic (exact) mass is 350 g/mol. The molecule has 0 bridgehead atoms. The van der Waals surface area contributed by atoms with Gasteiger partial charge in [-0.2, -0.15) is 0 Å². The van der Waals surface area contributed by atoms with Crippen molar-refractivity contribution in [2.24, 2.45) is 0 Å². The first-order valence-electron chi connectivity index (χ1n) is 7.43. The van der Waals surface area contributed by atoms with Crippen LogP contribution in [0.5, 0.6) is 0 Å². The van der Waals surface area contributed by atoms with Crippen LogP contribution >= 0.6 is 11.3 Å². The van der Waals surface area contributed by atoms with E-state index in [1.165, 1.54) is 15.6 Å². The molecule has 5 nitrogen and oxygen atoms in total. The second kappa shape index (κ2) is 5.65. The number of fused-ring (bicyclic) bond motifs is 1. The Kier molecular flexibility index (Phi) is 3.93. The van der Waals surface area contributed by atoms with Gasteiger partial charge in [0.25, 0.3) is 10.0 Å². The molecule has 1 N–H and O–H groups in total. The summed E-state index contributed by atoms with van der Waals surface area (Å²) in [6, 6.07) is 7.17. The maximum atomic E-state index is 13.0. The van der Waals surface area contributed by atoms with Crippen molar-refractivity contribution in [2.45, 2.75) is 27.2 Å². The van der Waals surface area contributed by atoms with Crippen molar-refractivity contribution in [2.75, 3.05) is 10.8 Å². The lowest BCUT2D eigenvalue weighted by atomic mass is 10.1. The lowest BCUT2D eigenvalue weighted by Crippen LogP contribution is -2.35. The SMILES string of the molecule is CCc1nc2c(s1)C(O)=C(c1ccccc1C)S(=O)(=O)N2CC. The van der Waals surface area contributed by atoms with Crippen LogP contribution in [-0.4, -0.2) is 25.1 Å². The molecule has 0 saturated carbocycles. The fourth-order valence-corrected chi connectivity index (χ4v) is 5.55. The largest absolute Gasteiger partial charge is 0.505 e. The summed E-state index contributed by atoms with van der Waals surface area (Å²) in [6.07, 6.45) is 0.697. The van der Waals surface area contributed by atoms with Crippen LogP contribution < -0.4 is 4.31 Å². The molecule has 0 spiro atoms. The van der Waals surface area contributed by atoms with E-state index in [9.17, 15) is 13.5 Å². The van der Waals surface area contributed by atoms with Crippen LogP contribution in [0.4, 0.5) is 5.82 Å². The third kappa shape index (κ3) is 2.35. The molecule has 2 heterocycles. The zero-order chi connectivity index (χ0) is 16.8. The molecule has 0 aliphatic carbocycles. The minimum absolute atomic E-state index is 0.0312. The smallest absolute Gasteiger partial charge is 0.269 e. The molecule has 7 heteroatoms. The van der Waals surface area contributed by atoms with Crippen molar-refractivity contribution in [1.29, 1.82) is 0 Å². The number of thiazole rings is 1. The second-order valence-electron chi connectivity index (χ2n) is 5.28. The lowest BCUT2D eigenvalue weighted by molar-refractivity contribution is 0.514. The summed E-state index contributed by atoms with van der Waals surface area (Å²) in [7, 11) is -3.84. The molecule has 0 radical (unpaired) electrons. The molecule has 0 atom stereocenters. The van der Waals surface area contributed by atoms with E-state index >= 15 is 0 Å². The molecule has 122 valence electrons. The molecule has 23 heavy (non-hydrogen) atoms. The number of hydrogen-bond donors (Lipinski definition) is 1. The minimum atomic E-state index is -3.84. The number of aliphatic hydroxyl groups is 1. The average Bonchev–Trinajstić information content (AvgIpc) is 2.93. The summed E-state index contributed by atoms with van der Waals surface area (Å²) in [5.74, 6) is 0.139. The zero-order valence-electron chi connectivity index (χ0n) is 13.2. The van der Waals surface area contributed by atoms with Gasteiger partial charge in [0.15, 0.2) is 11.6 Å². The van der Waals surface area contributed by atoms with Crippen LogP contribution in [0.15, 0.2) is 24.3 Å². The fourth-order valence-electron chi connectivity index (χ4n) is 2.69. The zero-order valence-corrected chi connectivity index (χ0v) is 14.8. The summed E-state index contributed by atoms with van der Waals surface area (Å²) >= 11 is 1.34. The number of aliphatic hydroxyl groups excluding tert-OH is 1. The summed E-state index contributed by atoms with van der Waals surface area (Å²) < 4.78 is 27.4. The topological polar surface area (TPSA) is 70.5 Å². The number of benzene rings is 1. The molecule has 1 aliphatic rings. The van der Waals surface area contributed by atoms with Gasteiger partial charge < -0.3 is 5.11 Å². The molecular weight excluding hydrogens is 332 g/mol. The Morgan fingerprint density at radius 2 is 1.96 bits per heavy atom. The molecule has 0 fully saturated rings. The highest BCUT2D eigenvalue weighted by atomic mass is 32.2. The van der Waals surface area contributed by atoms with Crippen molar-refractivity contribution in [3.8, 4) is 0 Å². The van der Waals surface area contributed by atoms with Gasteiger partial charge in [0.05, 0.1) is 5.01 Å². The normalized spacial score (nSPS) is 16.6. The minimum Gasteiger partial charge on any atom is -0.505 e. The maximum absolute atomic E-state index is 13.0. The first-order chi connectivity index (χ1) is 10.9. The molecule has 0 amide bonds. The van der Waals surface area contributed by atoms with Gasteiger partial charge in [0.1, 0.15) is 9.78 Å². The van der Waals surface area contributed by atoms with E-state index in [0.717, 1.165) is 10.6 Å². The predicted molar refractivity (Wildman–Crippen MR) is 94.1 cm³/mol. The standard InChI is InChI=1S/C16H18N2O3S2/c1-4-12-17-16-14(22-12)13(19)15(23(20,21)18(16)5-2)11-9-7-6-8-10(11)3/h6-9,19H,4-5H2,1-3H3. The Bertz CT molecular complexity index is 898. The van der Waals surface area contributed by atoms with Crippen molar-refractivity contribution >= 4 is 37.8 Å². The highest BCUT2D eigenvalue weighted by Crippen LogP contribution is 2.45. The van der Waals surface area contributed by atoms with Gasteiger partial charge in [-0.1, -0.05) is 31.2 Å².